The maximum atomic E-state index is 5.93. The van der Waals surface area contributed by atoms with E-state index in [-0.39, 0.29) is 0 Å². The first-order valence-corrected chi connectivity index (χ1v) is 13.2. The zero-order valence-electron chi connectivity index (χ0n) is 18.1. The van der Waals surface area contributed by atoms with E-state index in [0.29, 0.717) is 12.5 Å². The lowest BCUT2D eigenvalue weighted by atomic mass is 10.1. The first-order chi connectivity index (χ1) is 15.6. The van der Waals surface area contributed by atoms with Gasteiger partial charge in [0.2, 0.25) is 0 Å². The fourth-order valence-corrected chi connectivity index (χ4v) is 5.27. The highest BCUT2D eigenvalue weighted by Gasteiger charge is 2.15. The van der Waals surface area contributed by atoms with Crippen molar-refractivity contribution < 1.29 is 4.74 Å². The van der Waals surface area contributed by atoms with Crippen molar-refractivity contribution in [1.82, 2.24) is 19.7 Å². The maximum absolute atomic E-state index is 5.93. The van der Waals surface area contributed by atoms with Gasteiger partial charge in [-0.2, -0.15) is 0 Å². The third-order valence-electron chi connectivity index (χ3n) is 4.81. The van der Waals surface area contributed by atoms with Crippen LogP contribution >= 0.6 is 39.0 Å². The number of aromatic nitrogens is 4. The Kier molecular flexibility index (Phi) is 8.00. The number of ether oxygens (including phenoxy) is 1. The summed E-state index contributed by atoms with van der Waals surface area (Å²) in [7, 11) is 0. The Morgan fingerprint density at radius 2 is 1.94 bits per heavy atom. The van der Waals surface area contributed by atoms with Gasteiger partial charge in [0.15, 0.2) is 11.0 Å². The van der Waals surface area contributed by atoms with E-state index in [0.717, 1.165) is 56.2 Å². The molecule has 0 radical (unpaired) electrons. The van der Waals surface area contributed by atoms with Gasteiger partial charge in [-0.25, -0.2) is 4.98 Å². The molecule has 5 nitrogen and oxygen atoms in total. The van der Waals surface area contributed by atoms with Gasteiger partial charge in [0.1, 0.15) is 17.4 Å². The molecule has 0 spiro atoms. The van der Waals surface area contributed by atoms with Gasteiger partial charge in [-0.3, -0.25) is 0 Å². The van der Waals surface area contributed by atoms with Crippen LogP contribution in [-0.4, -0.2) is 19.7 Å². The van der Waals surface area contributed by atoms with Crippen LogP contribution in [0.4, 0.5) is 0 Å². The molecule has 166 valence electrons. The Bertz CT molecular complexity index is 1140. The van der Waals surface area contributed by atoms with Crippen LogP contribution in [0.5, 0.6) is 5.75 Å². The Morgan fingerprint density at radius 1 is 1.09 bits per heavy atom. The van der Waals surface area contributed by atoms with Gasteiger partial charge >= 0.3 is 0 Å². The smallest absolute Gasteiger partial charge is 0.191 e. The Labute approximate surface area is 205 Å². The molecule has 2 aromatic heterocycles. The van der Waals surface area contributed by atoms with Gasteiger partial charge in [-0.1, -0.05) is 71.9 Å². The molecule has 0 amide bonds. The highest BCUT2D eigenvalue weighted by atomic mass is 79.9. The molecule has 4 rings (SSSR count). The van der Waals surface area contributed by atoms with Gasteiger partial charge in [-0.15, -0.1) is 21.5 Å². The van der Waals surface area contributed by atoms with Crippen LogP contribution in [0.25, 0.3) is 10.6 Å². The summed E-state index contributed by atoms with van der Waals surface area (Å²) in [4.78, 5) is 4.82. The normalized spacial score (nSPS) is 11.2. The van der Waals surface area contributed by atoms with Crippen LogP contribution < -0.4 is 4.74 Å². The molecule has 0 saturated carbocycles. The molecule has 0 aliphatic heterocycles. The first-order valence-electron chi connectivity index (χ1n) is 10.5. The fourth-order valence-electron chi connectivity index (χ4n) is 3.07. The minimum absolute atomic E-state index is 0.402. The predicted molar refractivity (Wildman–Crippen MR) is 135 cm³/mol. The summed E-state index contributed by atoms with van der Waals surface area (Å²) in [5.41, 5.74) is 2.18. The number of rotatable bonds is 10. The van der Waals surface area contributed by atoms with E-state index in [4.69, 9.17) is 9.72 Å². The number of thiazole rings is 1. The second-order valence-corrected chi connectivity index (χ2v) is 10.5. The average Bonchev–Trinajstić information content (AvgIpc) is 3.42. The van der Waals surface area contributed by atoms with E-state index in [9.17, 15) is 0 Å². The van der Waals surface area contributed by atoms with Gasteiger partial charge in [0.25, 0.3) is 0 Å². The van der Waals surface area contributed by atoms with Crippen molar-refractivity contribution in [2.24, 2.45) is 5.92 Å². The highest BCUT2D eigenvalue weighted by Crippen LogP contribution is 2.29. The first kappa shape index (κ1) is 23.0. The van der Waals surface area contributed by atoms with Crippen LogP contribution in [0.2, 0.25) is 0 Å². The lowest BCUT2D eigenvalue weighted by Crippen LogP contribution is -2.10. The maximum Gasteiger partial charge on any atom is 0.191 e. The molecule has 0 unspecified atom stereocenters. The Balaban J connectivity index is 1.45. The molecule has 2 heterocycles. The van der Waals surface area contributed by atoms with Crippen molar-refractivity contribution in [3.05, 3.63) is 76.0 Å². The zero-order valence-corrected chi connectivity index (χ0v) is 21.3. The lowest BCUT2D eigenvalue weighted by Gasteiger charge is -2.12. The van der Waals surface area contributed by atoms with E-state index >= 15 is 0 Å². The molecule has 0 aliphatic carbocycles. The topological polar surface area (TPSA) is 52.8 Å². The Hall–Kier alpha value is -2.16. The van der Waals surface area contributed by atoms with Gasteiger partial charge in [-0.05, 0) is 36.6 Å². The summed E-state index contributed by atoms with van der Waals surface area (Å²) in [5, 5.41) is 13.0. The fraction of sp³-hybridized carbons (Fsp3) is 0.292. The van der Waals surface area contributed by atoms with Crippen LogP contribution in [0.1, 0.15) is 31.8 Å². The summed E-state index contributed by atoms with van der Waals surface area (Å²) < 4.78 is 9.18. The molecule has 0 N–H and O–H groups in total. The monoisotopic (exact) mass is 528 g/mol. The molecule has 8 heteroatoms. The second kappa shape index (κ2) is 11.1. The number of hydrogen-bond donors (Lipinski definition) is 0. The molecular formula is C24H25BrN4OS2. The molecule has 32 heavy (non-hydrogen) atoms. The predicted octanol–water partition coefficient (Wildman–Crippen LogP) is 7.08. The van der Waals surface area contributed by atoms with Crippen LogP contribution in [-0.2, 0) is 18.9 Å². The van der Waals surface area contributed by atoms with Crippen molar-refractivity contribution in [3.63, 3.8) is 0 Å². The number of halogens is 1. The van der Waals surface area contributed by atoms with Crippen LogP contribution in [0.3, 0.4) is 0 Å². The number of nitrogens with zero attached hydrogens (tertiary/aromatic N) is 4. The quantitative estimate of drug-likeness (QED) is 0.206. The van der Waals surface area contributed by atoms with E-state index in [1.54, 1.807) is 23.1 Å². The lowest BCUT2D eigenvalue weighted by molar-refractivity contribution is 0.285. The van der Waals surface area contributed by atoms with Crippen molar-refractivity contribution in [2.75, 3.05) is 0 Å². The van der Waals surface area contributed by atoms with E-state index in [1.807, 2.05) is 42.5 Å². The van der Waals surface area contributed by atoms with Gasteiger partial charge in [0, 0.05) is 27.7 Å². The summed E-state index contributed by atoms with van der Waals surface area (Å²) in [6, 6.07) is 18.1. The summed E-state index contributed by atoms with van der Waals surface area (Å²) in [6.07, 6.45) is 1.06. The summed E-state index contributed by atoms with van der Waals surface area (Å²) in [6.45, 7) is 5.74. The third-order valence-corrected chi connectivity index (χ3v) is 7.24. The second-order valence-electron chi connectivity index (χ2n) is 7.78. The molecule has 0 atom stereocenters. The van der Waals surface area contributed by atoms with Crippen molar-refractivity contribution in [3.8, 4) is 16.3 Å². The Morgan fingerprint density at radius 3 is 2.72 bits per heavy atom. The van der Waals surface area contributed by atoms with Crippen LogP contribution in [0, 0.1) is 5.92 Å². The minimum atomic E-state index is 0.402. The molecule has 2 aromatic carbocycles. The van der Waals surface area contributed by atoms with Crippen LogP contribution in [0.15, 0.2) is 69.6 Å². The van der Waals surface area contributed by atoms with E-state index < -0.39 is 0 Å². The SMILES string of the molecule is CC(C)CCn1c(COc2ccccc2)nnc1SCc1csc(-c2cccc(Br)c2)n1. The van der Waals surface area contributed by atoms with E-state index in [1.165, 1.54) is 0 Å². The largest absolute Gasteiger partial charge is 0.486 e. The van der Waals surface area contributed by atoms with Crippen molar-refractivity contribution in [1.29, 1.82) is 0 Å². The van der Waals surface area contributed by atoms with Crippen molar-refractivity contribution >= 4 is 39.0 Å². The highest BCUT2D eigenvalue weighted by molar-refractivity contribution is 9.10. The molecule has 0 saturated heterocycles. The summed E-state index contributed by atoms with van der Waals surface area (Å²) >= 11 is 6.88. The third kappa shape index (κ3) is 6.21. The number of thioether (sulfide) groups is 1. The van der Waals surface area contributed by atoms with Gasteiger partial charge < -0.3 is 9.30 Å². The average molecular weight is 530 g/mol. The molecule has 4 aromatic rings. The molecular weight excluding hydrogens is 504 g/mol. The minimum Gasteiger partial charge on any atom is -0.486 e. The van der Waals surface area contributed by atoms with Crippen molar-refractivity contribution in [2.45, 2.75) is 44.3 Å². The molecule has 0 aliphatic rings. The van der Waals surface area contributed by atoms with Gasteiger partial charge in [0.05, 0.1) is 5.69 Å². The standard InChI is InChI=1S/C24H25BrN4OS2/c1-17(2)11-12-29-22(14-30-21-9-4-3-5-10-21)27-28-24(29)32-16-20-15-31-23(26-20)18-7-6-8-19(25)13-18/h3-10,13,15,17H,11-12,14,16H2,1-2H3. The number of hydrogen-bond acceptors (Lipinski definition) is 6. The molecule has 0 bridgehead atoms. The van der Waals surface area contributed by atoms with E-state index in [2.05, 4.69) is 62.1 Å². The number of para-hydroxylation sites is 1. The zero-order chi connectivity index (χ0) is 22.3. The summed E-state index contributed by atoms with van der Waals surface area (Å²) in [5.74, 6) is 3.04. The number of benzene rings is 2. The molecule has 0 fully saturated rings.